The van der Waals surface area contributed by atoms with E-state index in [2.05, 4.69) is 68.9 Å². The van der Waals surface area contributed by atoms with Crippen LogP contribution in [0.5, 0.6) is 0 Å². The molecule has 0 unspecified atom stereocenters. The molecular weight excluding hydrogens is 398 g/mol. The van der Waals surface area contributed by atoms with E-state index in [1.807, 2.05) is 32.3 Å². The van der Waals surface area contributed by atoms with Gasteiger partial charge in [-0.3, -0.25) is 4.98 Å². The van der Waals surface area contributed by atoms with Crippen molar-refractivity contribution in [3.05, 3.63) is 64.0 Å². The Morgan fingerprint density at radius 2 is 1.96 bits per heavy atom. The first kappa shape index (κ1) is 21.6. The lowest BCUT2D eigenvalue weighted by atomic mass is 10.1. The van der Waals surface area contributed by atoms with E-state index in [0.29, 0.717) is 0 Å². The van der Waals surface area contributed by atoms with Crippen LogP contribution in [0.1, 0.15) is 50.9 Å². The quantitative estimate of drug-likeness (QED) is 0.466. The average Bonchev–Trinajstić information content (AvgIpc) is 3.00. The van der Waals surface area contributed by atoms with Crippen molar-refractivity contribution < 1.29 is 0 Å². The number of pyridine rings is 1. The molecule has 0 aliphatic heterocycles. The topological polar surface area (TPSA) is 29.9 Å². The molecule has 3 rings (SSSR count). The number of hydrogen-bond donors (Lipinski definition) is 1. The Morgan fingerprint density at radius 3 is 2.63 bits per heavy atom. The van der Waals surface area contributed by atoms with Crippen LogP contribution in [0.3, 0.4) is 0 Å². The van der Waals surface area contributed by atoms with E-state index in [4.69, 9.17) is 0 Å². The third-order valence-electron chi connectivity index (χ3n) is 4.71. The summed E-state index contributed by atoms with van der Waals surface area (Å²) in [4.78, 5) is 4.22. The van der Waals surface area contributed by atoms with Crippen LogP contribution in [0.15, 0.2) is 47.2 Å². The van der Waals surface area contributed by atoms with Crippen molar-refractivity contribution in [3.63, 3.8) is 0 Å². The van der Waals surface area contributed by atoms with E-state index in [0.717, 1.165) is 43.4 Å². The second-order valence-corrected chi connectivity index (χ2v) is 7.25. The molecule has 2 aromatic heterocycles. The number of benzene rings is 1. The van der Waals surface area contributed by atoms with Gasteiger partial charge in [0.15, 0.2) is 0 Å². The van der Waals surface area contributed by atoms with Gasteiger partial charge in [-0.05, 0) is 61.2 Å². The van der Waals surface area contributed by atoms with E-state index >= 15 is 0 Å². The van der Waals surface area contributed by atoms with Crippen LogP contribution in [0, 0.1) is 0 Å². The Hall–Kier alpha value is -1.65. The number of aryl methyl sites for hydroxylation is 2. The summed E-state index contributed by atoms with van der Waals surface area (Å²) in [5, 5.41) is 4.88. The zero-order chi connectivity index (χ0) is 19.6. The van der Waals surface area contributed by atoms with E-state index in [-0.39, 0.29) is 0 Å². The predicted octanol–water partition coefficient (Wildman–Crippen LogP) is 6.13. The zero-order valence-corrected chi connectivity index (χ0v) is 18.6. The van der Waals surface area contributed by atoms with Crippen LogP contribution in [-0.2, 0) is 25.9 Å². The van der Waals surface area contributed by atoms with Gasteiger partial charge in [-0.25, -0.2) is 0 Å². The van der Waals surface area contributed by atoms with Crippen LogP contribution in [0.25, 0.3) is 10.9 Å². The van der Waals surface area contributed by atoms with Gasteiger partial charge in [0.05, 0.1) is 0 Å². The van der Waals surface area contributed by atoms with Crippen molar-refractivity contribution in [2.24, 2.45) is 0 Å². The van der Waals surface area contributed by atoms with Gasteiger partial charge in [-0.2, -0.15) is 0 Å². The van der Waals surface area contributed by atoms with E-state index in [1.54, 1.807) is 0 Å². The number of nitrogens with one attached hydrogen (secondary N) is 1. The number of halogens is 1. The average molecular weight is 430 g/mol. The highest BCUT2D eigenvalue weighted by atomic mass is 79.9. The molecule has 0 aliphatic carbocycles. The molecule has 3 aromatic rings. The monoisotopic (exact) mass is 429 g/mol. The normalized spacial score (nSPS) is 10.7. The standard InChI is InChI=1S/C21H26BrN3.C2H6/c1-3-20-19(15-23-4-2)18-13-17(22)9-10-21(18)25(20)12-6-8-16-7-5-11-24-14-16;1-2/h5,7,9-11,13-14,23H,3-4,6,8,12,15H2,1-2H3;1-2H3. The maximum Gasteiger partial charge on any atom is 0.0486 e. The molecular formula is C23H32BrN3. The molecule has 0 spiro atoms. The largest absolute Gasteiger partial charge is 0.344 e. The first-order chi connectivity index (χ1) is 13.2. The predicted molar refractivity (Wildman–Crippen MR) is 120 cm³/mol. The van der Waals surface area contributed by atoms with E-state index < -0.39 is 0 Å². The maximum absolute atomic E-state index is 4.22. The summed E-state index contributed by atoms with van der Waals surface area (Å²) < 4.78 is 3.66. The molecule has 146 valence electrons. The van der Waals surface area contributed by atoms with Gasteiger partial charge in [0.2, 0.25) is 0 Å². The van der Waals surface area contributed by atoms with Crippen molar-refractivity contribution >= 4 is 26.8 Å². The van der Waals surface area contributed by atoms with Crippen molar-refractivity contribution in [2.75, 3.05) is 6.54 Å². The summed E-state index contributed by atoms with van der Waals surface area (Å²) in [6.07, 6.45) is 7.06. The highest BCUT2D eigenvalue weighted by Gasteiger charge is 2.15. The molecule has 0 amide bonds. The summed E-state index contributed by atoms with van der Waals surface area (Å²) in [6.45, 7) is 11.4. The summed E-state index contributed by atoms with van der Waals surface area (Å²) in [5.41, 5.74) is 5.56. The minimum absolute atomic E-state index is 0.933. The van der Waals surface area contributed by atoms with Gasteiger partial charge in [0.1, 0.15) is 0 Å². The van der Waals surface area contributed by atoms with Crippen molar-refractivity contribution in [1.29, 1.82) is 0 Å². The lowest BCUT2D eigenvalue weighted by Gasteiger charge is -2.11. The SMILES string of the molecule is CC.CCNCc1c(CC)n(CCCc2cccnc2)c2ccc(Br)cc12. The second-order valence-electron chi connectivity index (χ2n) is 6.34. The molecule has 4 heteroatoms. The second kappa shape index (κ2) is 11.3. The summed E-state index contributed by atoms with van der Waals surface area (Å²) in [5.74, 6) is 0. The van der Waals surface area contributed by atoms with Gasteiger partial charge in [-0.1, -0.05) is 49.7 Å². The Balaban J connectivity index is 0.00000126. The van der Waals surface area contributed by atoms with Crippen LogP contribution < -0.4 is 5.32 Å². The van der Waals surface area contributed by atoms with Crippen LogP contribution in [0.4, 0.5) is 0 Å². The molecule has 0 saturated heterocycles. The lowest BCUT2D eigenvalue weighted by molar-refractivity contribution is 0.628. The highest BCUT2D eigenvalue weighted by Crippen LogP contribution is 2.30. The molecule has 0 atom stereocenters. The minimum Gasteiger partial charge on any atom is -0.344 e. The molecule has 2 heterocycles. The fourth-order valence-electron chi connectivity index (χ4n) is 3.54. The fraction of sp³-hybridized carbons (Fsp3) is 0.435. The molecule has 1 N–H and O–H groups in total. The third-order valence-corrected chi connectivity index (χ3v) is 5.20. The Kier molecular flexibility index (Phi) is 9.02. The van der Waals surface area contributed by atoms with Crippen molar-refractivity contribution in [2.45, 2.75) is 60.0 Å². The lowest BCUT2D eigenvalue weighted by Crippen LogP contribution is -2.13. The molecule has 0 saturated carbocycles. The van der Waals surface area contributed by atoms with Gasteiger partial charge in [-0.15, -0.1) is 0 Å². The molecule has 0 radical (unpaired) electrons. The number of fused-ring (bicyclic) bond motifs is 1. The number of nitrogens with zero attached hydrogens (tertiary/aromatic N) is 2. The van der Waals surface area contributed by atoms with Gasteiger partial charge >= 0.3 is 0 Å². The van der Waals surface area contributed by atoms with E-state index in [9.17, 15) is 0 Å². The van der Waals surface area contributed by atoms with Gasteiger partial charge in [0.25, 0.3) is 0 Å². The Labute approximate surface area is 172 Å². The molecule has 27 heavy (non-hydrogen) atoms. The van der Waals surface area contributed by atoms with Crippen molar-refractivity contribution in [1.82, 2.24) is 14.9 Å². The van der Waals surface area contributed by atoms with Crippen molar-refractivity contribution in [3.8, 4) is 0 Å². The maximum atomic E-state index is 4.22. The van der Waals surface area contributed by atoms with Gasteiger partial charge < -0.3 is 9.88 Å². The van der Waals surface area contributed by atoms with Crippen LogP contribution in [0.2, 0.25) is 0 Å². The summed E-state index contributed by atoms with van der Waals surface area (Å²) >= 11 is 3.64. The zero-order valence-electron chi connectivity index (χ0n) is 17.1. The molecule has 0 aliphatic rings. The Morgan fingerprint density at radius 1 is 1.15 bits per heavy atom. The molecule has 3 nitrogen and oxygen atoms in total. The fourth-order valence-corrected chi connectivity index (χ4v) is 3.90. The van der Waals surface area contributed by atoms with Crippen LogP contribution >= 0.6 is 15.9 Å². The summed E-state index contributed by atoms with van der Waals surface area (Å²) in [7, 11) is 0. The number of hydrogen-bond acceptors (Lipinski definition) is 2. The first-order valence-corrected chi connectivity index (χ1v) is 10.9. The first-order valence-electron chi connectivity index (χ1n) is 10.1. The number of aromatic nitrogens is 2. The highest BCUT2D eigenvalue weighted by molar-refractivity contribution is 9.10. The van der Waals surface area contributed by atoms with Gasteiger partial charge in [0, 0.05) is 46.6 Å². The number of rotatable bonds is 8. The molecule has 1 aromatic carbocycles. The minimum atomic E-state index is 0.933. The molecule has 0 bridgehead atoms. The Bertz CT molecular complexity index is 825. The summed E-state index contributed by atoms with van der Waals surface area (Å²) in [6, 6.07) is 10.8. The third kappa shape index (κ3) is 5.43. The smallest absolute Gasteiger partial charge is 0.0486 e. The van der Waals surface area contributed by atoms with Crippen LogP contribution in [-0.4, -0.2) is 16.1 Å². The molecule has 0 fully saturated rings. The van der Waals surface area contributed by atoms with E-state index in [1.165, 1.54) is 27.7 Å².